The lowest BCUT2D eigenvalue weighted by Gasteiger charge is -2.28. The van der Waals surface area contributed by atoms with E-state index >= 15 is 0 Å². The van der Waals surface area contributed by atoms with Crippen LogP contribution in [0.3, 0.4) is 0 Å². The standard InChI is InChI=1S/C23H29ClFN/c1-2-3-4-17-5-7-18(8-6-17)9-10-19-11-13-20(14-12-19)21-15-16-22(24)26-23(21)25/h11-18H,2-10H2,1H3/t17-,18-. The number of aromatic nitrogens is 1. The molecule has 2 aromatic rings. The third kappa shape index (κ3) is 5.30. The molecule has 1 aromatic heterocycles. The smallest absolute Gasteiger partial charge is 0.207 e. The second-order valence-corrected chi connectivity index (χ2v) is 8.12. The van der Waals surface area contributed by atoms with Crippen molar-refractivity contribution in [2.45, 2.75) is 64.7 Å². The highest BCUT2D eigenvalue weighted by Gasteiger charge is 2.20. The van der Waals surface area contributed by atoms with Gasteiger partial charge >= 0.3 is 0 Å². The van der Waals surface area contributed by atoms with Gasteiger partial charge < -0.3 is 0 Å². The third-order valence-corrected chi connectivity index (χ3v) is 6.06. The normalized spacial score (nSPS) is 20.3. The molecule has 0 radical (unpaired) electrons. The first-order valence-electron chi connectivity index (χ1n) is 10.1. The van der Waals surface area contributed by atoms with Gasteiger partial charge in [0.1, 0.15) is 5.15 Å². The van der Waals surface area contributed by atoms with Gasteiger partial charge in [0.2, 0.25) is 5.95 Å². The van der Waals surface area contributed by atoms with Crippen molar-refractivity contribution >= 4 is 11.6 Å². The van der Waals surface area contributed by atoms with Crippen molar-refractivity contribution < 1.29 is 4.39 Å². The highest BCUT2D eigenvalue weighted by molar-refractivity contribution is 6.29. The van der Waals surface area contributed by atoms with Gasteiger partial charge in [-0.05, 0) is 47.9 Å². The van der Waals surface area contributed by atoms with Crippen LogP contribution in [0.5, 0.6) is 0 Å². The van der Waals surface area contributed by atoms with Crippen LogP contribution in [0.25, 0.3) is 11.1 Å². The molecule has 1 heterocycles. The predicted molar refractivity (Wildman–Crippen MR) is 108 cm³/mol. The van der Waals surface area contributed by atoms with Gasteiger partial charge in [-0.2, -0.15) is 4.39 Å². The van der Waals surface area contributed by atoms with Crippen molar-refractivity contribution in [2.24, 2.45) is 11.8 Å². The average molecular weight is 374 g/mol. The Morgan fingerprint density at radius 3 is 2.23 bits per heavy atom. The monoisotopic (exact) mass is 373 g/mol. The number of hydrogen-bond acceptors (Lipinski definition) is 1. The minimum atomic E-state index is -0.509. The number of rotatable bonds is 7. The molecule has 0 amide bonds. The quantitative estimate of drug-likeness (QED) is 0.458. The average Bonchev–Trinajstić information content (AvgIpc) is 2.66. The van der Waals surface area contributed by atoms with Crippen molar-refractivity contribution in [2.75, 3.05) is 0 Å². The second-order valence-electron chi connectivity index (χ2n) is 7.74. The van der Waals surface area contributed by atoms with E-state index in [1.54, 1.807) is 12.1 Å². The Morgan fingerprint density at radius 1 is 0.962 bits per heavy atom. The maximum atomic E-state index is 13.9. The Kier molecular flexibility index (Phi) is 7.07. The first kappa shape index (κ1) is 19.4. The topological polar surface area (TPSA) is 12.9 Å². The molecule has 3 heteroatoms. The van der Waals surface area contributed by atoms with Crippen LogP contribution in [-0.4, -0.2) is 4.98 Å². The van der Waals surface area contributed by atoms with E-state index in [4.69, 9.17) is 11.6 Å². The molecule has 1 saturated carbocycles. The zero-order valence-electron chi connectivity index (χ0n) is 15.7. The van der Waals surface area contributed by atoms with Gasteiger partial charge in [-0.3, -0.25) is 0 Å². The fourth-order valence-corrected chi connectivity index (χ4v) is 4.29. The number of hydrogen-bond donors (Lipinski definition) is 0. The van der Waals surface area contributed by atoms with Crippen LogP contribution >= 0.6 is 11.6 Å². The first-order valence-corrected chi connectivity index (χ1v) is 10.4. The fraction of sp³-hybridized carbons (Fsp3) is 0.522. The molecule has 3 rings (SSSR count). The maximum Gasteiger partial charge on any atom is 0.222 e. The number of pyridine rings is 1. The lowest BCUT2D eigenvalue weighted by molar-refractivity contribution is 0.250. The minimum Gasteiger partial charge on any atom is -0.207 e. The van der Waals surface area contributed by atoms with Crippen LogP contribution in [0.2, 0.25) is 5.15 Å². The molecule has 0 aliphatic heterocycles. The molecular formula is C23H29ClFN. The molecule has 140 valence electrons. The summed E-state index contributed by atoms with van der Waals surface area (Å²) in [7, 11) is 0. The van der Waals surface area contributed by atoms with Crippen molar-refractivity contribution in [1.29, 1.82) is 0 Å². The second kappa shape index (κ2) is 9.50. The lowest BCUT2D eigenvalue weighted by atomic mass is 9.78. The maximum absolute atomic E-state index is 13.9. The first-order chi connectivity index (χ1) is 12.7. The molecule has 1 aliphatic carbocycles. The predicted octanol–water partition coefficient (Wildman–Crippen LogP) is 7.47. The molecule has 1 fully saturated rings. The Morgan fingerprint density at radius 2 is 1.62 bits per heavy atom. The lowest BCUT2D eigenvalue weighted by Crippen LogP contribution is -2.15. The third-order valence-electron chi connectivity index (χ3n) is 5.85. The summed E-state index contributed by atoms with van der Waals surface area (Å²) in [5, 5.41) is 0.187. The molecule has 0 bridgehead atoms. The van der Waals surface area contributed by atoms with Gasteiger partial charge in [-0.15, -0.1) is 0 Å². The van der Waals surface area contributed by atoms with E-state index in [9.17, 15) is 4.39 Å². The van der Waals surface area contributed by atoms with Crippen molar-refractivity contribution in [3.8, 4) is 11.1 Å². The van der Waals surface area contributed by atoms with Crippen molar-refractivity contribution in [3.05, 3.63) is 53.1 Å². The summed E-state index contributed by atoms with van der Waals surface area (Å²) < 4.78 is 13.9. The van der Waals surface area contributed by atoms with Gasteiger partial charge in [0.25, 0.3) is 0 Å². The molecule has 0 N–H and O–H groups in total. The van der Waals surface area contributed by atoms with Crippen LogP contribution in [-0.2, 0) is 6.42 Å². The number of unbranched alkanes of at least 4 members (excludes halogenated alkanes) is 1. The Balaban J connectivity index is 1.49. The highest BCUT2D eigenvalue weighted by Crippen LogP contribution is 2.34. The van der Waals surface area contributed by atoms with E-state index in [1.807, 2.05) is 12.1 Å². The van der Waals surface area contributed by atoms with Crippen molar-refractivity contribution in [1.82, 2.24) is 4.98 Å². The molecule has 1 aliphatic rings. The van der Waals surface area contributed by atoms with Gasteiger partial charge in [0, 0.05) is 5.56 Å². The summed E-state index contributed by atoms with van der Waals surface area (Å²) in [6, 6.07) is 11.5. The van der Waals surface area contributed by atoms with Gasteiger partial charge in [0.15, 0.2) is 0 Å². The van der Waals surface area contributed by atoms with Crippen LogP contribution in [0, 0.1) is 17.8 Å². The van der Waals surface area contributed by atoms with Crippen LogP contribution in [0.1, 0.15) is 63.9 Å². The number of benzene rings is 1. The number of aryl methyl sites for hydroxylation is 1. The highest BCUT2D eigenvalue weighted by atomic mass is 35.5. The summed E-state index contributed by atoms with van der Waals surface area (Å²) in [6.07, 6.45) is 12.2. The molecular weight excluding hydrogens is 345 g/mol. The zero-order valence-corrected chi connectivity index (χ0v) is 16.4. The summed E-state index contributed by atoms with van der Waals surface area (Å²) in [4.78, 5) is 3.69. The molecule has 1 aromatic carbocycles. The van der Waals surface area contributed by atoms with E-state index in [0.717, 1.165) is 23.8 Å². The molecule has 0 saturated heterocycles. The zero-order chi connectivity index (χ0) is 18.4. The fourth-order valence-electron chi connectivity index (χ4n) is 4.15. The Hall–Kier alpha value is -1.41. The van der Waals surface area contributed by atoms with Gasteiger partial charge in [-0.25, -0.2) is 4.98 Å². The van der Waals surface area contributed by atoms with Gasteiger partial charge in [-0.1, -0.05) is 87.7 Å². The SMILES string of the molecule is CCCC[C@H]1CC[C@H](CCc2ccc(-c3ccc(Cl)nc3F)cc2)CC1. The van der Waals surface area contributed by atoms with E-state index < -0.39 is 5.95 Å². The molecule has 0 unspecified atom stereocenters. The van der Waals surface area contributed by atoms with E-state index in [-0.39, 0.29) is 5.15 Å². The summed E-state index contributed by atoms with van der Waals surface area (Å²) in [6.45, 7) is 2.29. The number of nitrogens with zero attached hydrogens (tertiary/aromatic N) is 1. The summed E-state index contributed by atoms with van der Waals surface area (Å²) >= 11 is 5.73. The molecule has 26 heavy (non-hydrogen) atoms. The minimum absolute atomic E-state index is 0.187. The van der Waals surface area contributed by atoms with E-state index in [2.05, 4.69) is 24.0 Å². The molecule has 1 nitrogen and oxygen atoms in total. The van der Waals surface area contributed by atoms with E-state index in [1.165, 1.54) is 56.9 Å². The Bertz CT molecular complexity index is 690. The van der Waals surface area contributed by atoms with Crippen LogP contribution in [0.15, 0.2) is 36.4 Å². The number of halogens is 2. The summed E-state index contributed by atoms with van der Waals surface area (Å²) in [5.74, 6) is 1.35. The van der Waals surface area contributed by atoms with Crippen LogP contribution < -0.4 is 0 Å². The summed E-state index contributed by atoms with van der Waals surface area (Å²) in [5.41, 5.74) is 2.70. The van der Waals surface area contributed by atoms with E-state index in [0.29, 0.717) is 5.56 Å². The molecule has 0 atom stereocenters. The van der Waals surface area contributed by atoms with Crippen molar-refractivity contribution in [3.63, 3.8) is 0 Å². The molecule has 0 spiro atoms. The Labute approximate surface area is 162 Å². The van der Waals surface area contributed by atoms with Gasteiger partial charge in [0.05, 0.1) is 0 Å². The largest absolute Gasteiger partial charge is 0.222 e. The van der Waals surface area contributed by atoms with Crippen LogP contribution in [0.4, 0.5) is 4.39 Å².